The summed E-state index contributed by atoms with van der Waals surface area (Å²) in [4.78, 5) is 11.1. The van der Waals surface area contributed by atoms with Crippen LogP contribution in [0.4, 0.5) is 15.5 Å². The average molecular weight is 373 g/mol. The maximum absolute atomic E-state index is 13.0. The second-order valence-corrected chi connectivity index (χ2v) is 7.15. The molecule has 4 rings (SSSR count). The van der Waals surface area contributed by atoms with Crippen molar-refractivity contribution in [1.29, 1.82) is 0 Å². The van der Waals surface area contributed by atoms with Gasteiger partial charge in [0.2, 0.25) is 11.1 Å². The molecule has 1 fully saturated rings. The van der Waals surface area contributed by atoms with E-state index in [4.69, 9.17) is 0 Å². The van der Waals surface area contributed by atoms with E-state index in [9.17, 15) is 4.39 Å². The standard InChI is InChI=1S/C17H20FN7S/c1-12-20-17(26-23-12)24-8-6-15(7-9-24)21-16-19-11-25(22-16)10-13-2-4-14(18)5-3-13/h2-5,11,15H,6-10H2,1H3,(H,21,22). The summed E-state index contributed by atoms with van der Waals surface area (Å²) >= 11 is 1.46. The number of aromatic nitrogens is 5. The third-order valence-electron chi connectivity index (χ3n) is 4.41. The zero-order valence-corrected chi connectivity index (χ0v) is 15.3. The Hall–Kier alpha value is -2.55. The molecule has 1 aliphatic rings. The summed E-state index contributed by atoms with van der Waals surface area (Å²) in [7, 11) is 0. The van der Waals surface area contributed by atoms with E-state index in [1.54, 1.807) is 23.1 Å². The quantitative estimate of drug-likeness (QED) is 0.741. The highest BCUT2D eigenvalue weighted by molar-refractivity contribution is 7.09. The van der Waals surface area contributed by atoms with Crippen molar-refractivity contribution in [2.24, 2.45) is 0 Å². The maximum atomic E-state index is 13.0. The van der Waals surface area contributed by atoms with Gasteiger partial charge in [-0.05, 0) is 37.5 Å². The highest BCUT2D eigenvalue weighted by Gasteiger charge is 2.22. The lowest BCUT2D eigenvalue weighted by Crippen LogP contribution is -2.39. The molecule has 0 saturated carbocycles. The maximum Gasteiger partial charge on any atom is 0.242 e. The Morgan fingerprint density at radius 2 is 2.00 bits per heavy atom. The molecule has 7 nitrogen and oxygen atoms in total. The van der Waals surface area contributed by atoms with Crippen LogP contribution in [0.1, 0.15) is 24.2 Å². The number of nitrogens with one attached hydrogen (secondary N) is 1. The van der Waals surface area contributed by atoms with E-state index in [-0.39, 0.29) is 5.82 Å². The lowest BCUT2D eigenvalue weighted by atomic mass is 10.1. The fourth-order valence-corrected chi connectivity index (χ4v) is 3.75. The van der Waals surface area contributed by atoms with Crippen LogP contribution in [0.25, 0.3) is 0 Å². The van der Waals surface area contributed by atoms with Crippen molar-refractivity contribution in [2.75, 3.05) is 23.3 Å². The third kappa shape index (κ3) is 3.98. The fraction of sp³-hybridized carbons (Fsp3) is 0.412. The first kappa shape index (κ1) is 16.9. The molecule has 1 aliphatic heterocycles. The molecule has 136 valence electrons. The second-order valence-electron chi connectivity index (χ2n) is 6.42. The molecular formula is C17H20FN7S. The van der Waals surface area contributed by atoms with E-state index in [0.29, 0.717) is 18.5 Å². The van der Waals surface area contributed by atoms with Gasteiger partial charge in [-0.1, -0.05) is 12.1 Å². The summed E-state index contributed by atoms with van der Waals surface area (Å²) < 4.78 is 19.0. The Kier molecular flexibility index (Phi) is 4.79. The van der Waals surface area contributed by atoms with Gasteiger partial charge >= 0.3 is 0 Å². The van der Waals surface area contributed by atoms with E-state index < -0.39 is 0 Å². The van der Waals surface area contributed by atoms with Crippen molar-refractivity contribution in [3.8, 4) is 0 Å². The van der Waals surface area contributed by atoms with Gasteiger partial charge in [-0.25, -0.2) is 19.0 Å². The highest BCUT2D eigenvalue weighted by atomic mass is 32.1. The zero-order chi connectivity index (χ0) is 17.9. The minimum Gasteiger partial charge on any atom is -0.350 e. The van der Waals surface area contributed by atoms with Gasteiger partial charge in [0.15, 0.2) is 0 Å². The van der Waals surface area contributed by atoms with E-state index in [1.165, 1.54) is 23.7 Å². The van der Waals surface area contributed by atoms with Crippen molar-refractivity contribution in [3.63, 3.8) is 0 Å². The number of piperidine rings is 1. The van der Waals surface area contributed by atoms with E-state index >= 15 is 0 Å². The molecule has 1 N–H and O–H groups in total. The van der Waals surface area contributed by atoms with Crippen LogP contribution in [0.15, 0.2) is 30.6 Å². The molecule has 0 spiro atoms. The lowest BCUT2D eigenvalue weighted by Gasteiger charge is -2.31. The molecule has 2 aromatic heterocycles. The Bertz CT molecular complexity index is 852. The number of nitrogens with zero attached hydrogens (tertiary/aromatic N) is 6. The van der Waals surface area contributed by atoms with Crippen LogP contribution in [0, 0.1) is 12.7 Å². The average Bonchev–Trinajstić information content (AvgIpc) is 3.27. The van der Waals surface area contributed by atoms with Gasteiger partial charge in [-0.2, -0.15) is 4.37 Å². The summed E-state index contributed by atoms with van der Waals surface area (Å²) in [6, 6.07) is 6.78. The molecule has 3 aromatic rings. The van der Waals surface area contributed by atoms with Crippen LogP contribution < -0.4 is 10.2 Å². The highest BCUT2D eigenvalue weighted by Crippen LogP contribution is 2.22. The largest absolute Gasteiger partial charge is 0.350 e. The monoisotopic (exact) mass is 373 g/mol. The van der Waals surface area contributed by atoms with E-state index in [2.05, 4.69) is 29.7 Å². The minimum atomic E-state index is -0.232. The molecule has 0 aliphatic carbocycles. The van der Waals surface area contributed by atoms with Crippen molar-refractivity contribution >= 4 is 22.6 Å². The van der Waals surface area contributed by atoms with Gasteiger partial charge < -0.3 is 10.2 Å². The summed E-state index contributed by atoms with van der Waals surface area (Å²) in [6.45, 7) is 4.39. The van der Waals surface area contributed by atoms with Gasteiger partial charge in [0.25, 0.3) is 0 Å². The number of rotatable bonds is 5. The summed E-state index contributed by atoms with van der Waals surface area (Å²) in [5, 5.41) is 8.88. The Labute approximate surface area is 155 Å². The fourth-order valence-electron chi connectivity index (χ4n) is 3.03. The van der Waals surface area contributed by atoms with Crippen LogP contribution in [0.2, 0.25) is 0 Å². The van der Waals surface area contributed by atoms with Crippen LogP contribution in [0.5, 0.6) is 0 Å². The molecule has 0 unspecified atom stereocenters. The molecule has 0 atom stereocenters. The minimum absolute atomic E-state index is 0.232. The molecule has 9 heteroatoms. The molecule has 26 heavy (non-hydrogen) atoms. The smallest absolute Gasteiger partial charge is 0.242 e. The Morgan fingerprint density at radius 1 is 1.23 bits per heavy atom. The molecule has 3 heterocycles. The normalized spacial score (nSPS) is 15.4. The lowest BCUT2D eigenvalue weighted by molar-refractivity contribution is 0.522. The number of hydrogen-bond acceptors (Lipinski definition) is 7. The first-order valence-electron chi connectivity index (χ1n) is 8.61. The molecule has 1 aromatic carbocycles. The predicted molar refractivity (Wildman–Crippen MR) is 99.0 cm³/mol. The van der Waals surface area contributed by atoms with Crippen molar-refractivity contribution < 1.29 is 4.39 Å². The van der Waals surface area contributed by atoms with Crippen molar-refractivity contribution in [1.82, 2.24) is 24.1 Å². The summed E-state index contributed by atoms with van der Waals surface area (Å²) in [5.41, 5.74) is 0.989. The van der Waals surface area contributed by atoms with Gasteiger partial charge in [0.05, 0.1) is 6.54 Å². The van der Waals surface area contributed by atoms with Gasteiger partial charge in [0, 0.05) is 30.7 Å². The molecule has 0 bridgehead atoms. The van der Waals surface area contributed by atoms with Crippen molar-refractivity contribution in [2.45, 2.75) is 32.4 Å². The second kappa shape index (κ2) is 7.36. The van der Waals surface area contributed by atoms with Crippen LogP contribution in [-0.2, 0) is 6.54 Å². The predicted octanol–water partition coefficient (Wildman–Crippen LogP) is 2.71. The van der Waals surface area contributed by atoms with Gasteiger partial charge in [-0.15, -0.1) is 5.10 Å². The number of halogens is 1. The Balaban J connectivity index is 1.30. The summed E-state index contributed by atoms with van der Waals surface area (Å²) in [5.74, 6) is 1.24. The number of anilines is 2. The molecular weight excluding hydrogens is 353 g/mol. The number of hydrogen-bond donors (Lipinski definition) is 1. The SMILES string of the molecule is Cc1nsc(N2CCC(Nc3ncn(Cc4ccc(F)cc4)n3)CC2)n1. The van der Waals surface area contributed by atoms with E-state index in [1.807, 2.05) is 6.92 Å². The van der Waals surface area contributed by atoms with E-state index in [0.717, 1.165) is 42.5 Å². The van der Waals surface area contributed by atoms with Gasteiger partial charge in [0.1, 0.15) is 18.0 Å². The third-order valence-corrected chi connectivity index (χ3v) is 5.28. The van der Waals surface area contributed by atoms with Crippen LogP contribution in [-0.4, -0.2) is 43.3 Å². The number of aryl methyl sites for hydroxylation is 1. The zero-order valence-electron chi connectivity index (χ0n) is 14.5. The first-order chi connectivity index (χ1) is 12.7. The molecule has 0 radical (unpaired) electrons. The van der Waals surface area contributed by atoms with Crippen LogP contribution in [0.3, 0.4) is 0 Å². The van der Waals surface area contributed by atoms with Crippen LogP contribution >= 0.6 is 11.5 Å². The van der Waals surface area contributed by atoms with Gasteiger partial charge in [-0.3, -0.25) is 0 Å². The number of benzene rings is 1. The van der Waals surface area contributed by atoms with Crippen molar-refractivity contribution in [3.05, 3.63) is 47.8 Å². The first-order valence-corrected chi connectivity index (χ1v) is 9.39. The topological polar surface area (TPSA) is 71.8 Å². The Morgan fingerprint density at radius 3 is 2.69 bits per heavy atom. The molecule has 0 amide bonds. The molecule has 1 saturated heterocycles. The summed E-state index contributed by atoms with van der Waals surface area (Å²) in [6.07, 6.45) is 3.71.